The maximum absolute atomic E-state index is 13.3. The Morgan fingerprint density at radius 2 is 2.00 bits per heavy atom. The summed E-state index contributed by atoms with van der Waals surface area (Å²) in [5, 5.41) is 2.13. The maximum Gasteiger partial charge on any atom is 0.417 e. The van der Waals surface area contributed by atoms with E-state index in [-0.39, 0.29) is 29.5 Å². The van der Waals surface area contributed by atoms with E-state index in [1.807, 2.05) is 0 Å². The Morgan fingerprint density at radius 1 is 1.36 bits per heavy atom. The van der Waals surface area contributed by atoms with Gasteiger partial charge in [0.1, 0.15) is 0 Å². The quantitative estimate of drug-likeness (QED) is 0.693. The van der Waals surface area contributed by atoms with Gasteiger partial charge in [0.05, 0.1) is 28.5 Å². The lowest BCUT2D eigenvalue weighted by Crippen LogP contribution is -2.44. The Hall–Kier alpha value is -1.37. The van der Waals surface area contributed by atoms with Gasteiger partial charge in [0.2, 0.25) is 15.9 Å². The van der Waals surface area contributed by atoms with Crippen molar-refractivity contribution >= 4 is 37.4 Å². The molecule has 1 aliphatic heterocycles. The van der Waals surface area contributed by atoms with Crippen molar-refractivity contribution in [3.63, 3.8) is 0 Å². The smallest absolute Gasteiger partial charge is 0.351 e. The lowest BCUT2D eigenvalue weighted by Gasteiger charge is -2.23. The summed E-state index contributed by atoms with van der Waals surface area (Å²) in [6.45, 7) is 0.363. The van der Waals surface area contributed by atoms with Crippen molar-refractivity contribution in [2.45, 2.75) is 30.5 Å². The normalized spacial score (nSPS) is 19.7. The molecule has 158 valence electrons. The molecule has 1 heterocycles. The highest BCUT2D eigenvalue weighted by molar-refractivity contribution is 7.91. The van der Waals surface area contributed by atoms with Crippen LogP contribution in [-0.2, 0) is 30.8 Å². The molecule has 1 aromatic carbocycles. The molecule has 0 aromatic heterocycles. The molecule has 1 N–H and O–H groups in total. The van der Waals surface area contributed by atoms with Crippen LogP contribution in [0.4, 0.5) is 13.2 Å². The van der Waals surface area contributed by atoms with Gasteiger partial charge in [0, 0.05) is 17.6 Å². The molecule has 28 heavy (non-hydrogen) atoms. The molecular formula is C15H18ClF3N2O5S2. The zero-order valence-electron chi connectivity index (χ0n) is 14.7. The molecule has 0 aliphatic carbocycles. The zero-order valence-corrected chi connectivity index (χ0v) is 17.1. The first-order valence-corrected chi connectivity index (χ1v) is 11.8. The molecule has 13 heteroatoms. The van der Waals surface area contributed by atoms with Crippen LogP contribution in [0.15, 0.2) is 23.1 Å². The summed E-state index contributed by atoms with van der Waals surface area (Å²) < 4.78 is 88.7. The number of carbonyl (C=O) groups excluding carboxylic acids is 1. The van der Waals surface area contributed by atoms with Gasteiger partial charge in [0.25, 0.3) is 0 Å². The number of benzene rings is 1. The number of hydrogen-bond donors (Lipinski definition) is 1. The Morgan fingerprint density at radius 3 is 2.50 bits per heavy atom. The van der Waals surface area contributed by atoms with Gasteiger partial charge in [-0.3, -0.25) is 4.79 Å². The summed E-state index contributed by atoms with van der Waals surface area (Å²) in [6.07, 6.45) is -4.77. The third-order valence-electron chi connectivity index (χ3n) is 4.14. The summed E-state index contributed by atoms with van der Waals surface area (Å²) in [5.41, 5.74) is -1.43. The van der Waals surface area contributed by atoms with E-state index in [0.717, 1.165) is 12.1 Å². The van der Waals surface area contributed by atoms with Gasteiger partial charge in [-0.1, -0.05) is 18.5 Å². The predicted octanol–water partition coefficient (Wildman–Crippen LogP) is 1.67. The van der Waals surface area contributed by atoms with E-state index in [2.05, 4.69) is 5.32 Å². The van der Waals surface area contributed by atoms with Crippen LogP contribution in [0.1, 0.15) is 18.9 Å². The molecule has 1 aromatic rings. The van der Waals surface area contributed by atoms with E-state index in [4.69, 9.17) is 11.6 Å². The van der Waals surface area contributed by atoms with Crippen LogP contribution in [-0.4, -0.2) is 57.7 Å². The number of carbonyl (C=O) groups is 1. The Balaban J connectivity index is 2.25. The van der Waals surface area contributed by atoms with Crippen molar-refractivity contribution < 1.29 is 34.8 Å². The monoisotopic (exact) mass is 462 g/mol. The van der Waals surface area contributed by atoms with Crippen LogP contribution in [0.25, 0.3) is 0 Å². The minimum absolute atomic E-state index is 0.0898. The van der Waals surface area contributed by atoms with E-state index in [1.54, 1.807) is 0 Å². The van der Waals surface area contributed by atoms with Crippen molar-refractivity contribution in [1.82, 2.24) is 9.62 Å². The largest absolute Gasteiger partial charge is 0.417 e. The van der Waals surface area contributed by atoms with Crippen molar-refractivity contribution in [3.8, 4) is 0 Å². The molecule has 1 saturated heterocycles. The molecule has 1 aliphatic rings. The van der Waals surface area contributed by atoms with Crippen LogP contribution in [0.3, 0.4) is 0 Å². The van der Waals surface area contributed by atoms with Gasteiger partial charge in [-0.2, -0.15) is 17.5 Å². The summed E-state index contributed by atoms with van der Waals surface area (Å²) >= 11 is 5.57. The number of alkyl halides is 3. The van der Waals surface area contributed by atoms with Crippen molar-refractivity contribution in [2.24, 2.45) is 0 Å². The number of sulfonamides is 1. The van der Waals surface area contributed by atoms with Crippen molar-refractivity contribution in [1.29, 1.82) is 0 Å². The van der Waals surface area contributed by atoms with E-state index in [1.165, 1.54) is 6.92 Å². The van der Waals surface area contributed by atoms with Crippen molar-refractivity contribution in [3.05, 3.63) is 28.8 Å². The van der Waals surface area contributed by atoms with Gasteiger partial charge < -0.3 is 5.32 Å². The summed E-state index contributed by atoms with van der Waals surface area (Å²) in [4.78, 5) is 11.1. The van der Waals surface area contributed by atoms with E-state index < -0.39 is 55.0 Å². The first-order valence-electron chi connectivity index (χ1n) is 8.13. The number of halogens is 4. The minimum atomic E-state index is -4.97. The summed E-state index contributed by atoms with van der Waals surface area (Å²) in [7, 11) is -7.91. The highest BCUT2D eigenvalue weighted by atomic mass is 35.5. The SMILES string of the molecule is CCN(CC(=O)N[C@H]1CCS(=O)(=O)C1)S(=O)(=O)c1ccc(Cl)cc1C(F)(F)F. The second-order valence-electron chi connectivity index (χ2n) is 6.24. The average Bonchev–Trinajstić information content (AvgIpc) is 2.89. The number of nitrogens with zero attached hydrogens (tertiary/aromatic N) is 1. The second-order valence-corrected chi connectivity index (χ2v) is 10.8. The molecule has 0 bridgehead atoms. The Kier molecular flexibility index (Phi) is 6.68. The number of rotatable bonds is 6. The zero-order chi connectivity index (χ0) is 21.3. The van der Waals surface area contributed by atoms with E-state index in [0.29, 0.717) is 10.4 Å². The van der Waals surface area contributed by atoms with Gasteiger partial charge in [-0.25, -0.2) is 16.8 Å². The van der Waals surface area contributed by atoms with Crippen LogP contribution < -0.4 is 5.32 Å². The molecule has 0 saturated carbocycles. The molecular weight excluding hydrogens is 445 g/mol. The van der Waals surface area contributed by atoms with E-state index in [9.17, 15) is 34.8 Å². The molecule has 1 atom stereocenters. The number of hydrogen-bond acceptors (Lipinski definition) is 5. The van der Waals surface area contributed by atoms with Gasteiger partial charge >= 0.3 is 6.18 Å². The molecule has 7 nitrogen and oxygen atoms in total. The third-order valence-corrected chi connectivity index (χ3v) is 8.12. The van der Waals surface area contributed by atoms with Gasteiger partial charge in [0.15, 0.2) is 9.84 Å². The first kappa shape index (κ1) is 22.9. The molecule has 0 spiro atoms. The standard InChI is InChI=1S/C15H18ClF3N2O5S2/c1-2-21(8-14(22)20-11-5-6-27(23,24)9-11)28(25,26)13-4-3-10(16)7-12(13)15(17,18)19/h3-4,7,11H,2,5-6,8-9H2,1H3,(H,20,22)/t11-/m0/s1. The Labute approximate surface area is 165 Å². The number of likely N-dealkylation sites (N-methyl/N-ethyl adjacent to an activating group) is 1. The summed E-state index contributed by atoms with van der Waals surface area (Å²) in [6, 6.07) is 1.61. The number of nitrogens with one attached hydrogen (secondary N) is 1. The first-order chi connectivity index (χ1) is 12.8. The highest BCUT2D eigenvalue weighted by Gasteiger charge is 2.39. The Bertz CT molecular complexity index is 964. The fourth-order valence-corrected chi connectivity index (χ4v) is 6.24. The second kappa shape index (κ2) is 8.17. The maximum atomic E-state index is 13.3. The van der Waals surface area contributed by atoms with Gasteiger partial charge in [-0.15, -0.1) is 0 Å². The fraction of sp³-hybridized carbons (Fsp3) is 0.533. The molecule has 2 rings (SSSR count). The van der Waals surface area contributed by atoms with Crippen LogP contribution in [0, 0.1) is 0 Å². The van der Waals surface area contributed by atoms with Crippen LogP contribution in [0.5, 0.6) is 0 Å². The predicted molar refractivity (Wildman–Crippen MR) is 96.1 cm³/mol. The molecule has 0 unspecified atom stereocenters. The third kappa shape index (κ3) is 5.37. The topological polar surface area (TPSA) is 101 Å². The van der Waals surface area contributed by atoms with E-state index >= 15 is 0 Å². The molecule has 1 amide bonds. The fourth-order valence-electron chi connectivity index (χ4n) is 2.80. The average molecular weight is 463 g/mol. The highest BCUT2D eigenvalue weighted by Crippen LogP contribution is 2.36. The lowest BCUT2D eigenvalue weighted by molar-refractivity contribution is -0.139. The lowest BCUT2D eigenvalue weighted by atomic mass is 10.2. The number of amides is 1. The van der Waals surface area contributed by atoms with Crippen LogP contribution >= 0.6 is 11.6 Å². The minimum Gasteiger partial charge on any atom is -0.351 e. The van der Waals surface area contributed by atoms with Crippen molar-refractivity contribution in [2.75, 3.05) is 24.6 Å². The van der Waals surface area contributed by atoms with Gasteiger partial charge in [-0.05, 0) is 24.6 Å². The molecule has 1 fully saturated rings. The number of sulfone groups is 1. The molecule has 0 radical (unpaired) electrons. The van der Waals surface area contributed by atoms with Crippen LogP contribution in [0.2, 0.25) is 5.02 Å². The summed E-state index contributed by atoms with van der Waals surface area (Å²) in [5.74, 6) is -1.14.